The van der Waals surface area contributed by atoms with E-state index in [-0.39, 0.29) is 22.3 Å². The van der Waals surface area contributed by atoms with Gasteiger partial charge in [0.25, 0.3) is 0 Å². The second-order valence-electron chi connectivity index (χ2n) is 5.64. The van der Waals surface area contributed by atoms with E-state index in [2.05, 4.69) is 4.98 Å². The van der Waals surface area contributed by atoms with Gasteiger partial charge in [0.2, 0.25) is 0 Å². The molecule has 4 aromatic rings. The Morgan fingerprint density at radius 3 is 2.71 bits per heavy atom. The van der Waals surface area contributed by atoms with Gasteiger partial charge >= 0.3 is 0 Å². The zero-order chi connectivity index (χ0) is 21.8. The average Bonchev–Trinajstić information content (AvgIpc) is 3.03. The maximum absolute atomic E-state index is 9.39. The minimum Gasteiger partial charge on any atom is -0.455 e. The number of nitriles is 1. The molecular weight excluding hydrogens is 296 g/mol. The number of furan rings is 1. The molecule has 0 spiro atoms. The predicted molar refractivity (Wildman–Crippen MR) is 95.9 cm³/mol. The molecular formula is C21H16N2O. The van der Waals surface area contributed by atoms with E-state index in [1.807, 2.05) is 25.1 Å². The first-order valence-electron chi connectivity index (χ1n) is 10.4. The molecule has 3 nitrogen and oxygen atoms in total. The molecule has 0 fully saturated rings. The van der Waals surface area contributed by atoms with Gasteiger partial charge in [-0.2, -0.15) is 5.26 Å². The molecule has 0 amide bonds. The molecule has 116 valence electrons. The zero-order valence-corrected chi connectivity index (χ0v) is 12.8. The number of fused-ring (bicyclic) bond motifs is 3. The van der Waals surface area contributed by atoms with E-state index >= 15 is 0 Å². The predicted octanol–water partition coefficient (Wildman–Crippen LogP) is 5.44. The Labute approximate surface area is 148 Å². The molecule has 0 atom stereocenters. The number of aryl methyl sites for hydroxylation is 3. The average molecular weight is 318 g/mol. The molecule has 2 heterocycles. The van der Waals surface area contributed by atoms with Gasteiger partial charge in [-0.25, -0.2) is 0 Å². The Bertz CT molecular complexity index is 1340. The molecule has 0 saturated heterocycles. The lowest BCUT2D eigenvalue weighted by Crippen LogP contribution is -1.88. The van der Waals surface area contributed by atoms with Crippen LogP contribution in [0.4, 0.5) is 0 Å². The Morgan fingerprint density at radius 1 is 1.08 bits per heavy atom. The third-order valence-corrected chi connectivity index (χ3v) is 4.15. The molecule has 2 aromatic carbocycles. The second-order valence-corrected chi connectivity index (χ2v) is 5.64. The van der Waals surface area contributed by atoms with Crippen molar-refractivity contribution in [2.45, 2.75) is 20.6 Å². The summed E-state index contributed by atoms with van der Waals surface area (Å²) in [6.07, 6.45) is 1.43. The van der Waals surface area contributed by atoms with Crippen LogP contribution in [-0.4, -0.2) is 4.98 Å². The molecule has 24 heavy (non-hydrogen) atoms. The topological polar surface area (TPSA) is 49.8 Å². The number of rotatable bonds is 1. The van der Waals surface area contributed by atoms with Crippen LogP contribution in [0, 0.1) is 32.0 Å². The number of hydrogen-bond donors (Lipinski definition) is 0. The Morgan fingerprint density at radius 2 is 1.92 bits per heavy atom. The minimum atomic E-state index is -2.53. The second kappa shape index (κ2) is 5.21. The van der Waals surface area contributed by atoms with Crippen LogP contribution >= 0.6 is 0 Å². The van der Waals surface area contributed by atoms with Crippen LogP contribution in [0.15, 0.2) is 47.0 Å². The smallest absolute Gasteiger partial charge is 0.145 e. The van der Waals surface area contributed by atoms with Crippen LogP contribution in [-0.2, 0) is 0 Å². The number of benzene rings is 2. The van der Waals surface area contributed by atoms with Gasteiger partial charge in [0.15, 0.2) is 0 Å². The van der Waals surface area contributed by atoms with Crippen LogP contribution in [0.5, 0.6) is 0 Å². The first-order chi connectivity index (χ1) is 14.0. The summed E-state index contributed by atoms with van der Waals surface area (Å²) in [5.74, 6) is 0. The lowest BCUT2D eigenvalue weighted by Gasteiger charge is -2.06. The SMILES string of the molecule is [2H]C([2H])([2H])c1ccnc(-c2c(C)ccc3c2oc2c(C([2H])([2H])[2H])c(C#N)ccc23)c1. The largest absolute Gasteiger partial charge is 0.455 e. The normalized spacial score (nSPS) is 15.8. The highest BCUT2D eigenvalue weighted by molar-refractivity contribution is 6.11. The van der Waals surface area contributed by atoms with E-state index in [1.165, 1.54) is 24.4 Å². The molecule has 0 radical (unpaired) electrons. The Kier molecular flexibility index (Phi) is 2.01. The Hall–Kier alpha value is -3.12. The fourth-order valence-corrected chi connectivity index (χ4v) is 2.98. The fraction of sp³-hybridized carbons (Fsp3) is 0.143. The summed E-state index contributed by atoms with van der Waals surface area (Å²) in [6.45, 7) is -2.98. The molecule has 0 aliphatic rings. The number of hydrogen-bond acceptors (Lipinski definition) is 3. The molecule has 4 rings (SSSR count). The van der Waals surface area contributed by atoms with Gasteiger partial charge in [0.1, 0.15) is 11.2 Å². The van der Waals surface area contributed by atoms with Crippen LogP contribution in [0.25, 0.3) is 33.2 Å². The summed E-state index contributed by atoms with van der Waals surface area (Å²) in [5, 5.41) is 10.6. The van der Waals surface area contributed by atoms with Crippen molar-refractivity contribution in [2.24, 2.45) is 0 Å². The van der Waals surface area contributed by atoms with E-state index in [0.29, 0.717) is 27.6 Å². The van der Waals surface area contributed by atoms with E-state index in [1.54, 1.807) is 6.07 Å². The summed E-state index contributed by atoms with van der Waals surface area (Å²) in [5.41, 5.74) is 2.38. The van der Waals surface area contributed by atoms with Crippen LogP contribution in [0.3, 0.4) is 0 Å². The lowest BCUT2D eigenvalue weighted by atomic mass is 9.99. The Balaban J connectivity index is 2.11. The summed E-state index contributed by atoms with van der Waals surface area (Å²) >= 11 is 0. The third kappa shape index (κ3) is 2.00. The van der Waals surface area contributed by atoms with E-state index < -0.39 is 13.7 Å². The summed E-state index contributed by atoms with van der Waals surface area (Å²) < 4.78 is 52.7. The van der Waals surface area contributed by atoms with Gasteiger partial charge in [0, 0.05) is 36.3 Å². The first-order valence-corrected chi connectivity index (χ1v) is 7.38. The van der Waals surface area contributed by atoms with Crippen molar-refractivity contribution < 1.29 is 12.6 Å². The maximum atomic E-state index is 9.39. The van der Waals surface area contributed by atoms with Crippen LogP contribution in [0.1, 0.15) is 30.5 Å². The number of pyridine rings is 1. The first kappa shape index (κ1) is 9.24. The summed E-state index contributed by atoms with van der Waals surface area (Å²) in [4.78, 5) is 4.34. The number of aromatic nitrogens is 1. The molecule has 3 heteroatoms. The van der Waals surface area contributed by atoms with E-state index in [0.717, 1.165) is 5.56 Å². The summed E-state index contributed by atoms with van der Waals surface area (Å²) in [7, 11) is 0. The zero-order valence-electron chi connectivity index (χ0n) is 18.8. The summed E-state index contributed by atoms with van der Waals surface area (Å²) in [6, 6.07) is 11.7. The van der Waals surface area contributed by atoms with Crippen molar-refractivity contribution in [1.29, 1.82) is 5.26 Å². The maximum Gasteiger partial charge on any atom is 0.145 e. The van der Waals surface area contributed by atoms with Gasteiger partial charge in [-0.15, -0.1) is 0 Å². The third-order valence-electron chi connectivity index (χ3n) is 4.15. The molecule has 0 saturated carbocycles. The highest BCUT2D eigenvalue weighted by atomic mass is 16.3. The highest BCUT2D eigenvalue weighted by Crippen LogP contribution is 2.38. The molecule has 2 aromatic heterocycles. The van der Waals surface area contributed by atoms with E-state index in [4.69, 9.17) is 12.6 Å². The van der Waals surface area contributed by atoms with Crippen LogP contribution in [0.2, 0.25) is 0 Å². The van der Waals surface area contributed by atoms with Gasteiger partial charge in [-0.3, -0.25) is 4.98 Å². The van der Waals surface area contributed by atoms with Crippen molar-refractivity contribution in [3.05, 3.63) is 64.8 Å². The monoisotopic (exact) mass is 318 g/mol. The van der Waals surface area contributed by atoms with Gasteiger partial charge in [-0.05, 0) is 56.0 Å². The fourth-order valence-electron chi connectivity index (χ4n) is 2.98. The molecule has 0 N–H and O–H groups in total. The minimum absolute atomic E-state index is 0.0300. The highest BCUT2D eigenvalue weighted by Gasteiger charge is 2.17. The van der Waals surface area contributed by atoms with Gasteiger partial charge < -0.3 is 4.42 Å². The molecule has 0 aliphatic carbocycles. The van der Waals surface area contributed by atoms with Crippen molar-refractivity contribution in [1.82, 2.24) is 4.98 Å². The molecule has 0 bridgehead atoms. The standard InChI is InChI=1S/C21H16N2O/c1-12-8-9-23-18(10-12)19-13(2)4-6-17-16-7-5-15(11-22)14(3)20(16)24-21(17)19/h4-10H,1-3H3/i1D3,3D3. The quantitative estimate of drug-likeness (QED) is 0.469. The molecule has 0 aliphatic heterocycles. The van der Waals surface area contributed by atoms with Crippen molar-refractivity contribution in [3.63, 3.8) is 0 Å². The van der Waals surface area contributed by atoms with Crippen molar-refractivity contribution in [2.75, 3.05) is 0 Å². The lowest BCUT2D eigenvalue weighted by molar-refractivity contribution is 0.666. The number of nitrogens with zero attached hydrogens (tertiary/aromatic N) is 2. The van der Waals surface area contributed by atoms with Crippen molar-refractivity contribution in [3.8, 4) is 17.3 Å². The van der Waals surface area contributed by atoms with Crippen LogP contribution < -0.4 is 0 Å². The van der Waals surface area contributed by atoms with E-state index in [9.17, 15) is 5.26 Å². The van der Waals surface area contributed by atoms with Gasteiger partial charge in [-0.1, -0.05) is 12.1 Å². The van der Waals surface area contributed by atoms with Gasteiger partial charge in [0.05, 0.1) is 17.3 Å². The van der Waals surface area contributed by atoms with Crippen molar-refractivity contribution >= 4 is 21.9 Å². The molecule has 0 unspecified atom stereocenters.